The van der Waals surface area contributed by atoms with Crippen LogP contribution in [0.5, 0.6) is 5.75 Å². The molecule has 0 aromatic heterocycles. The molecule has 0 bridgehead atoms. The zero-order chi connectivity index (χ0) is 12.7. The molecule has 0 aliphatic rings. The minimum absolute atomic E-state index is 0.202. The molecule has 0 saturated carbocycles. The summed E-state index contributed by atoms with van der Waals surface area (Å²) in [6, 6.07) is 7.19. The summed E-state index contributed by atoms with van der Waals surface area (Å²) < 4.78 is 31.6. The zero-order valence-electron chi connectivity index (χ0n) is 10.2. The van der Waals surface area contributed by atoms with Crippen molar-refractivity contribution in [3.05, 3.63) is 29.8 Å². The van der Waals surface area contributed by atoms with Gasteiger partial charge in [-0.15, -0.1) is 0 Å². The normalized spacial score (nSPS) is 11.5. The molecule has 0 amide bonds. The number of hydrogen-bond acceptors (Lipinski definition) is 5. The Morgan fingerprint density at radius 1 is 1.06 bits per heavy atom. The van der Waals surface area contributed by atoms with Crippen molar-refractivity contribution in [1.29, 1.82) is 0 Å². The van der Waals surface area contributed by atoms with Gasteiger partial charge in [-0.05, 0) is 17.7 Å². The van der Waals surface area contributed by atoms with Gasteiger partial charge in [0.2, 0.25) is 0 Å². The van der Waals surface area contributed by atoms with E-state index in [-0.39, 0.29) is 13.0 Å². The van der Waals surface area contributed by atoms with Crippen LogP contribution < -0.4 is 4.74 Å². The molecule has 1 aromatic rings. The molecule has 0 aliphatic heterocycles. The molecule has 0 aliphatic carbocycles. The van der Waals surface area contributed by atoms with Gasteiger partial charge in [-0.1, -0.05) is 12.1 Å². The maximum absolute atomic E-state index is 11.9. The highest BCUT2D eigenvalue weighted by molar-refractivity contribution is 7.52. The van der Waals surface area contributed by atoms with E-state index in [0.29, 0.717) is 5.75 Å². The predicted molar refractivity (Wildman–Crippen MR) is 64.3 cm³/mol. The Morgan fingerprint density at radius 2 is 1.65 bits per heavy atom. The van der Waals surface area contributed by atoms with Crippen molar-refractivity contribution in [2.75, 3.05) is 28.1 Å². The number of rotatable bonds is 7. The summed E-state index contributed by atoms with van der Waals surface area (Å²) in [4.78, 5) is 0. The summed E-state index contributed by atoms with van der Waals surface area (Å²) >= 11 is 0. The van der Waals surface area contributed by atoms with Gasteiger partial charge < -0.3 is 18.5 Å². The van der Waals surface area contributed by atoms with Crippen LogP contribution in [0.2, 0.25) is 0 Å². The molecule has 1 aromatic carbocycles. The van der Waals surface area contributed by atoms with Gasteiger partial charge >= 0.3 is 7.60 Å². The summed E-state index contributed by atoms with van der Waals surface area (Å²) in [7, 11) is 1.30. The van der Waals surface area contributed by atoms with Crippen molar-refractivity contribution in [2.45, 2.75) is 6.16 Å². The standard InChI is InChI=1S/C11H17O5P/c1-13-9-16-11-6-4-10(5-7-11)8-17(12,14-2)15-3/h4-7H,8-9H2,1-3H3. The van der Waals surface area contributed by atoms with Crippen LogP contribution in [-0.4, -0.2) is 28.1 Å². The molecule has 0 N–H and O–H groups in total. The number of hydrogen-bond donors (Lipinski definition) is 0. The van der Waals surface area contributed by atoms with Crippen LogP contribution in [0.3, 0.4) is 0 Å². The van der Waals surface area contributed by atoms with E-state index in [4.69, 9.17) is 18.5 Å². The van der Waals surface area contributed by atoms with Gasteiger partial charge in [0.1, 0.15) is 5.75 Å². The van der Waals surface area contributed by atoms with E-state index in [2.05, 4.69) is 0 Å². The van der Waals surface area contributed by atoms with Gasteiger partial charge in [0.05, 0.1) is 6.16 Å². The third kappa shape index (κ3) is 4.48. The summed E-state index contributed by atoms with van der Waals surface area (Å²) in [5, 5.41) is 0. The van der Waals surface area contributed by atoms with Crippen LogP contribution >= 0.6 is 7.60 Å². The van der Waals surface area contributed by atoms with Crippen molar-refractivity contribution in [3.63, 3.8) is 0 Å². The smallest absolute Gasteiger partial charge is 0.334 e. The first-order valence-electron chi connectivity index (χ1n) is 5.05. The SMILES string of the molecule is COCOc1ccc(CP(=O)(OC)OC)cc1. The lowest BCUT2D eigenvalue weighted by Crippen LogP contribution is -1.99. The van der Waals surface area contributed by atoms with Crippen molar-refractivity contribution in [2.24, 2.45) is 0 Å². The van der Waals surface area contributed by atoms with Gasteiger partial charge in [-0.2, -0.15) is 0 Å². The van der Waals surface area contributed by atoms with Crippen molar-refractivity contribution < 1.29 is 23.1 Å². The molecule has 0 radical (unpaired) electrons. The van der Waals surface area contributed by atoms with E-state index in [1.54, 1.807) is 19.2 Å². The van der Waals surface area contributed by atoms with Crippen LogP contribution in [-0.2, 0) is 24.5 Å². The lowest BCUT2D eigenvalue weighted by atomic mass is 10.2. The van der Waals surface area contributed by atoms with E-state index >= 15 is 0 Å². The van der Waals surface area contributed by atoms with Crippen LogP contribution in [0.4, 0.5) is 0 Å². The lowest BCUT2D eigenvalue weighted by Gasteiger charge is -2.13. The molecule has 17 heavy (non-hydrogen) atoms. The molecule has 0 saturated heterocycles. The third-order valence-corrected chi connectivity index (χ3v) is 4.06. The van der Waals surface area contributed by atoms with E-state index in [0.717, 1.165) is 5.56 Å². The summed E-state index contributed by atoms with van der Waals surface area (Å²) in [5.41, 5.74) is 0.863. The minimum Gasteiger partial charge on any atom is -0.468 e. The molecule has 1 rings (SSSR count). The lowest BCUT2D eigenvalue weighted by molar-refractivity contribution is 0.0511. The number of benzene rings is 1. The largest absolute Gasteiger partial charge is 0.468 e. The third-order valence-electron chi connectivity index (χ3n) is 2.20. The van der Waals surface area contributed by atoms with Gasteiger partial charge in [-0.3, -0.25) is 4.57 Å². The molecule has 5 nitrogen and oxygen atoms in total. The first kappa shape index (κ1) is 14.2. The van der Waals surface area contributed by atoms with Gasteiger partial charge in [0.15, 0.2) is 6.79 Å². The molecular formula is C11H17O5P. The van der Waals surface area contributed by atoms with Crippen LogP contribution in [0.15, 0.2) is 24.3 Å². The molecule has 0 fully saturated rings. The van der Waals surface area contributed by atoms with E-state index in [1.165, 1.54) is 14.2 Å². The van der Waals surface area contributed by atoms with Crippen LogP contribution in [0, 0.1) is 0 Å². The Balaban J connectivity index is 2.65. The molecule has 0 atom stereocenters. The Labute approximate surface area is 101 Å². The van der Waals surface area contributed by atoms with Gasteiger partial charge in [0.25, 0.3) is 0 Å². The predicted octanol–water partition coefficient (Wildman–Crippen LogP) is 2.66. The summed E-state index contributed by atoms with van der Waals surface area (Å²) in [6.07, 6.45) is 0.241. The second kappa shape index (κ2) is 6.77. The maximum Gasteiger partial charge on any atom is 0.334 e. The maximum atomic E-state index is 11.9. The Morgan fingerprint density at radius 3 is 2.12 bits per heavy atom. The van der Waals surface area contributed by atoms with Crippen molar-refractivity contribution >= 4 is 7.60 Å². The fourth-order valence-corrected chi connectivity index (χ4v) is 2.31. The molecule has 0 heterocycles. The fourth-order valence-electron chi connectivity index (χ4n) is 1.25. The molecular weight excluding hydrogens is 243 g/mol. The number of methoxy groups -OCH3 is 1. The topological polar surface area (TPSA) is 54.0 Å². The summed E-state index contributed by atoms with van der Waals surface area (Å²) in [6.45, 7) is 0.202. The minimum atomic E-state index is -3.00. The van der Waals surface area contributed by atoms with Crippen LogP contribution in [0.25, 0.3) is 0 Å². The summed E-state index contributed by atoms with van der Waals surface area (Å²) in [5.74, 6) is 0.695. The van der Waals surface area contributed by atoms with E-state index in [1.807, 2.05) is 12.1 Å². The second-order valence-electron chi connectivity index (χ2n) is 3.33. The van der Waals surface area contributed by atoms with Gasteiger partial charge in [-0.25, -0.2) is 0 Å². The number of ether oxygens (including phenoxy) is 2. The van der Waals surface area contributed by atoms with Crippen molar-refractivity contribution in [1.82, 2.24) is 0 Å². The first-order valence-corrected chi connectivity index (χ1v) is 6.77. The average Bonchev–Trinajstić information content (AvgIpc) is 2.38. The molecule has 96 valence electrons. The van der Waals surface area contributed by atoms with Gasteiger partial charge in [0, 0.05) is 21.3 Å². The van der Waals surface area contributed by atoms with Crippen LogP contribution in [0.1, 0.15) is 5.56 Å². The molecule has 0 spiro atoms. The van der Waals surface area contributed by atoms with E-state index in [9.17, 15) is 4.57 Å². The monoisotopic (exact) mass is 260 g/mol. The Kier molecular flexibility index (Phi) is 5.65. The Bertz CT molecular complexity index is 368. The first-order chi connectivity index (χ1) is 8.13. The molecule has 0 unspecified atom stereocenters. The Hall–Kier alpha value is -0.870. The highest BCUT2D eigenvalue weighted by atomic mass is 31.2. The average molecular weight is 260 g/mol. The fraction of sp³-hybridized carbons (Fsp3) is 0.455. The molecule has 6 heteroatoms. The highest BCUT2D eigenvalue weighted by Gasteiger charge is 2.21. The zero-order valence-corrected chi connectivity index (χ0v) is 11.1. The van der Waals surface area contributed by atoms with Crippen molar-refractivity contribution in [3.8, 4) is 5.75 Å². The highest BCUT2D eigenvalue weighted by Crippen LogP contribution is 2.49. The quantitative estimate of drug-likeness (QED) is 0.557. The second-order valence-corrected chi connectivity index (χ2v) is 5.60. The van der Waals surface area contributed by atoms with E-state index < -0.39 is 7.60 Å².